The first kappa shape index (κ1) is 17.0. The zero-order chi connectivity index (χ0) is 16.9. The van der Waals surface area contributed by atoms with Gasteiger partial charge in [0.15, 0.2) is 8.24 Å². The first-order valence-electron chi connectivity index (χ1n) is 9.98. The minimum atomic E-state index is -1.54. The molecule has 0 spiro atoms. The van der Waals surface area contributed by atoms with Gasteiger partial charge in [0.25, 0.3) is 0 Å². The van der Waals surface area contributed by atoms with Crippen LogP contribution in [0.15, 0.2) is 30.3 Å². The Bertz CT molecular complexity index is 574. The summed E-state index contributed by atoms with van der Waals surface area (Å²) in [4.78, 5) is 4.03. The van der Waals surface area contributed by atoms with Gasteiger partial charge >= 0.3 is 0 Å². The zero-order valence-electron chi connectivity index (χ0n) is 15.7. The van der Waals surface area contributed by atoms with Crippen LogP contribution in [-0.4, -0.2) is 18.7 Å². The summed E-state index contributed by atoms with van der Waals surface area (Å²) in [7, 11) is -1.54. The first-order valence-corrected chi connectivity index (χ1v) is 14.0. The number of rotatable bonds is 3. The maximum atomic E-state index is 4.03. The van der Waals surface area contributed by atoms with E-state index < -0.39 is 8.24 Å². The van der Waals surface area contributed by atoms with E-state index in [2.05, 4.69) is 74.0 Å². The summed E-state index contributed by atoms with van der Waals surface area (Å²) < 4.78 is 0. The summed E-state index contributed by atoms with van der Waals surface area (Å²) >= 11 is 2.41. The van der Waals surface area contributed by atoms with Crippen LogP contribution in [0.4, 0.5) is 5.69 Å². The number of benzene rings is 1. The molecule has 1 aliphatic heterocycles. The molecule has 24 heavy (non-hydrogen) atoms. The van der Waals surface area contributed by atoms with Crippen molar-refractivity contribution in [3.63, 3.8) is 0 Å². The Morgan fingerprint density at radius 3 is 2.46 bits per heavy atom. The Kier molecular flexibility index (Phi) is 4.53. The molecule has 1 N–H and O–H groups in total. The second-order valence-electron chi connectivity index (χ2n) is 9.12. The maximum Gasteiger partial charge on any atom is 0.151 e. The molecule has 1 aromatic carbocycles. The summed E-state index contributed by atoms with van der Waals surface area (Å²) in [5.41, 5.74) is 2.23. The largest absolute Gasteiger partial charge is 0.410 e. The normalized spacial score (nSPS) is 41.8. The molecule has 2 saturated carbocycles. The highest BCUT2D eigenvalue weighted by atomic mass is 32.2. The van der Waals surface area contributed by atoms with Crippen molar-refractivity contribution in [2.24, 2.45) is 23.7 Å². The van der Waals surface area contributed by atoms with Crippen LogP contribution in [-0.2, 0) is 0 Å². The molecule has 1 aromatic rings. The topological polar surface area (TPSA) is 12.0 Å². The molecule has 0 aromatic heterocycles. The van der Waals surface area contributed by atoms with Crippen LogP contribution in [0.25, 0.3) is 0 Å². The van der Waals surface area contributed by atoms with Crippen LogP contribution < -0.4 is 4.98 Å². The van der Waals surface area contributed by atoms with Crippen molar-refractivity contribution in [1.82, 2.24) is 0 Å². The first-order chi connectivity index (χ1) is 11.5. The molecule has 1 saturated heterocycles. The maximum absolute atomic E-state index is 4.03. The van der Waals surface area contributed by atoms with E-state index in [1.54, 1.807) is 0 Å². The van der Waals surface area contributed by atoms with Gasteiger partial charge in [0, 0.05) is 16.2 Å². The van der Waals surface area contributed by atoms with Crippen LogP contribution in [0.1, 0.15) is 39.5 Å². The van der Waals surface area contributed by atoms with Gasteiger partial charge in [-0.15, -0.1) is 0 Å². The van der Waals surface area contributed by atoms with Gasteiger partial charge in [-0.05, 0) is 54.2 Å². The van der Waals surface area contributed by atoms with E-state index in [4.69, 9.17) is 0 Å². The summed E-state index contributed by atoms with van der Waals surface area (Å²) in [6.45, 7) is 10.3. The fourth-order valence-electron chi connectivity index (χ4n) is 6.31. The lowest BCUT2D eigenvalue weighted by Gasteiger charge is -2.38. The highest BCUT2D eigenvalue weighted by Crippen LogP contribution is 2.65. The number of thioether (sulfide) groups is 1. The van der Waals surface area contributed by atoms with Crippen molar-refractivity contribution in [3.8, 4) is 0 Å². The highest BCUT2D eigenvalue weighted by molar-refractivity contribution is 8.01. The molecular weight excluding hydrogens is 326 g/mol. The van der Waals surface area contributed by atoms with E-state index in [-0.39, 0.29) is 0 Å². The van der Waals surface area contributed by atoms with Crippen molar-refractivity contribution >= 4 is 25.7 Å². The Labute approximate surface area is 153 Å². The molecule has 132 valence electrons. The van der Waals surface area contributed by atoms with Gasteiger partial charge in [0.05, 0.1) is 0 Å². The van der Waals surface area contributed by atoms with Gasteiger partial charge < -0.3 is 4.98 Å². The molecule has 7 unspecified atom stereocenters. The highest BCUT2D eigenvalue weighted by Gasteiger charge is 2.60. The van der Waals surface area contributed by atoms with Crippen molar-refractivity contribution < 1.29 is 0 Å². The second-order valence-corrected chi connectivity index (χ2v) is 14.9. The van der Waals surface area contributed by atoms with Gasteiger partial charge in [-0.1, -0.05) is 58.0 Å². The van der Waals surface area contributed by atoms with E-state index in [1.165, 1.54) is 31.4 Å². The van der Waals surface area contributed by atoms with E-state index in [9.17, 15) is 0 Å². The smallest absolute Gasteiger partial charge is 0.151 e. The van der Waals surface area contributed by atoms with Gasteiger partial charge in [0.1, 0.15) is 0 Å². The third-order valence-corrected chi connectivity index (χ3v) is 13.0. The van der Waals surface area contributed by atoms with Crippen LogP contribution >= 0.6 is 11.8 Å². The summed E-state index contributed by atoms with van der Waals surface area (Å²) in [5, 5.41) is 1.90. The number of hydrogen-bond acceptors (Lipinski definition) is 2. The van der Waals surface area contributed by atoms with Crippen molar-refractivity contribution in [2.45, 2.75) is 68.7 Å². The van der Waals surface area contributed by atoms with E-state index in [0.717, 1.165) is 39.7 Å². The van der Waals surface area contributed by atoms with Gasteiger partial charge in [-0.25, -0.2) is 0 Å². The molecule has 1 nitrogen and oxygen atoms in total. The molecule has 3 fully saturated rings. The van der Waals surface area contributed by atoms with Gasteiger partial charge in [-0.2, -0.15) is 11.8 Å². The fourth-order valence-corrected chi connectivity index (χ4v) is 13.6. The molecule has 0 bridgehead atoms. The average molecular weight is 360 g/mol. The number of anilines is 1. The summed E-state index contributed by atoms with van der Waals surface area (Å²) in [6.07, 6.45) is 5.96. The Morgan fingerprint density at radius 2 is 1.71 bits per heavy atom. The summed E-state index contributed by atoms with van der Waals surface area (Å²) in [6, 6.07) is 10.9. The predicted octanol–water partition coefficient (Wildman–Crippen LogP) is 6.25. The minimum absolute atomic E-state index is 0.869. The molecular formula is C21H33NSSi. The third kappa shape index (κ3) is 2.76. The molecule has 7 atom stereocenters. The predicted molar refractivity (Wildman–Crippen MR) is 110 cm³/mol. The number of fused-ring (bicyclic) bond motifs is 3. The van der Waals surface area contributed by atoms with Crippen molar-refractivity contribution in [1.29, 1.82) is 0 Å². The minimum Gasteiger partial charge on any atom is -0.410 e. The molecule has 4 rings (SSSR count). The molecule has 0 radical (unpaired) electrons. The van der Waals surface area contributed by atoms with Crippen LogP contribution in [0, 0.1) is 23.7 Å². The Morgan fingerprint density at radius 1 is 1.00 bits per heavy atom. The van der Waals surface area contributed by atoms with Crippen LogP contribution in [0.2, 0.25) is 18.6 Å². The quantitative estimate of drug-likeness (QED) is 0.640. The standard InChI is InChI=1S/C21H33NSSi/c1-14-15(2)21(24(3,4)22-16-10-6-5-7-11-16)20-19(14)17-12-8-9-13-18(17)23-20/h5-7,10-11,14-15,17-22H,8-9,12-13H2,1-4H3. The van der Waals surface area contributed by atoms with E-state index in [1.807, 2.05) is 0 Å². The van der Waals surface area contributed by atoms with Crippen molar-refractivity contribution in [3.05, 3.63) is 30.3 Å². The van der Waals surface area contributed by atoms with Gasteiger partial charge in [-0.3, -0.25) is 0 Å². The Balaban J connectivity index is 1.60. The molecule has 2 aliphatic carbocycles. The van der Waals surface area contributed by atoms with E-state index in [0.29, 0.717) is 0 Å². The van der Waals surface area contributed by atoms with Crippen LogP contribution in [0.5, 0.6) is 0 Å². The lowest BCUT2D eigenvalue weighted by atomic mass is 9.75. The average Bonchev–Trinajstić information content (AvgIpc) is 3.03. The molecule has 3 aliphatic rings. The van der Waals surface area contributed by atoms with Gasteiger partial charge in [0.2, 0.25) is 0 Å². The zero-order valence-corrected chi connectivity index (χ0v) is 17.5. The Hall–Kier alpha value is -0.413. The molecule has 1 heterocycles. The van der Waals surface area contributed by atoms with Crippen molar-refractivity contribution in [2.75, 3.05) is 4.98 Å². The third-order valence-electron chi connectivity index (χ3n) is 7.39. The SMILES string of the molecule is CC1C(C)C([Si](C)(C)Nc2ccccc2)C2SC3CCCCC3C12. The fraction of sp³-hybridized carbons (Fsp3) is 0.714. The second kappa shape index (κ2) is 6.39. The molecule has 3 heteroatoms. The number of nitrogens with one attached hydrogen (secondary N) is 1. The van der Waals surface area contributed by atoms with E-state index >= 15 is 0 Å². The summed E-state index contributed by atoms with van der Waals surface area (Å²) in [5.74, 6) is 3.79. The number of hydrogen-bond donors (Lipinski definition) is 1. The number of para-hydroxylation sites is 1. The van der Waals surface area contributed by atoms with Crippen LogP contribution in [0.3, 0.4) is 0 Å². The monoisotopic (exact) mass is 359 g/mol. The lowest BCUT2D eigenvalue weighted by Crippen LogP contribution is -2.46. The lowest BCUT2D eigenvalue weighted by molar-refractivity contribution is 0.222. The molecule has 0 amide bonds.